The van der Waals surface area contributed by atoms with Crippen LogP contribution in [0, 0.1) is 0 Å². The molecule has 9 heteroatoms. The maximum Gasteiger partial charge on any atom is 0.417 e. The van der Waals surface area contributed by atoms with E-state index < -0.39 is 17.7 Å². The lowest BCUT2D eigenvalue weighted by atomic mass is 9.92. The second-order valence-electron chi connectivity index (χ2n) is 5.87. The lowest BCUT2D eigenvalue weighted by Crippen LogP contribution is -2.23. The molecular formula is C19H17ClF3NO4. The highest BCUT2D eigenvalue weighted by Crippen LogP contribution is 2.44. The summed E-state index contributed by atoms with van der Waals surface area (Å²) in [6.07, 6.45) is -4.78. The van der Waals surface area contributed by atoms with E-state index in [-0.39, 0.29) is 41.3 Å². The average Bonchev–Trinajstić information content (AvgIpc) is 2.59. The van der Waals surface area contributed by atoms with Gasteiger partial charge in [-0.2, -0.15) is 13.2 Å². The number of hydrogen-bond acceptors (Lipinski definition) is 4. The molecule has 2 rings (SSSR count). The van der Waals surface area contributed by atoms with Crippen LogP contribution in [0.3, 0.4) is 0 Å². The molecule has 0 heterocycles. The fraction of sp³-hybridized carbons (Fsp3) is 0.263. The first-order chi connectivity index (χ1) is 13.1. The Bertz CT molecular complexity index is 867. The van der Waals surface area contributed by atoms with Crippen LogP contribution in [-0.2, 0) is 27.1 Å². The first kappa shape index (κ1) is 21.6. The second kappa shape index (κ2) is 8.97. The topological polar surface area (TPSA) is 64.6 Å². The summed E-state index contributed by atoms with van der Waals surface area (Å²) >= 11 is 5.84. The number of rotatable bonds is 6. The smallest absolute Gasteiger partial charge is 0.356 e. The van der Waals surface area contributed by atoms with Gasteiger partial charge >= 0.3 is 12.1 Å². The molecule has 0 unspecified atom stereocenters. The minimum atomic E-state index is -4.73. The van der Waals surface area contributed by atoms with Crippen LogP contribution in [-0.4, -0.2) is 18.4 Å². The number of halogens is 4. The maximum absolute atomic E-state index is 14.0. The van der Waals surface area contributed by atoms with Crippen molar-refractivity contribution in [3.05, 3.63) is 52.5 Å². The molecule has 0 saturated carbocycles. The highest BCUT2D eigenvalue weighted by Gasteiger charge is 2.38. The van der Waals surface area contributed by atoms with E-state index in [2.05, 4.69) is 10.2 Å². The summed E-state index contributed by atoms with van der Waals surface area (Å²) in [5.41, 5.74) is -1.09. The molecule has 0 radical (unpaired) electrons. The van der Waals surface area contributed by atoms with E-state index in [0.717, 1.165) is 6.92 Å². The molecule has 1 N–H and O–H groups in total. The quantitative estimate of drug-likeness (QED) is 0.555. The van der Waals surface area contributed by atoms with E-state index in [1.165, 1.54) is 43.3 Å². The third kappa shape index (κ3) is 5.63. The molecule has 150 valence electrons. The molecule has 0 saturated heterocycles. The van der Waals surface area contributed by atoms with Crippen molar-refractivity contribution in [3.63, 3.8) is 0 Å². The molecule has 0 fully saturated rings. The first-order valence-corrected chi connectivity index (χ1v) is 8.56. The summed E-state index contributed by atoms with van der Waals surface area (Å²) in [5.74, 6) is -1.43. The van der Waals surface area contributed by atoms with Crippen LogP contribution in [0.15, 0.2) is 36.4 Å². The largest absolute Gasteiger partial charge is 0.417 e. The number of hydrogen-bond donors (Lipinski definition) is 1. The van der Waals surface area contributed by atoms with Crippen LogP contribution < -0.4 is 10.2 Å². The van der Waals surface area contributed by atoms with Crippen molar-refractivity contribution in [3.8, 4) is 16.9 Å². The Hall–Kier alpha value is -2.74. The summed E-state index contributed by atoms with van der Waals surface area (Å²) in [6.45, 7) is 2.37. The predicted octanol–water partition coefficient (Wildman–Crippen LogP) is 4.56. The summed E-state index contributed by atoms with van der Waals surface area (Å²) in [7, 11) is 0. The maximum atomic E-state index is 14.0. The number of carbonyl (C=O) groups is 2. The van der Waals surface area contributed by atoms with Gasteiger partial charge < -0.3 is 5.32 Å². The van der Waals surface area contributed by atoms with Gasteiger partial charge in [0.1, 0.15) is 0 Å². The molecule has 2 aromatic carbocycles. The third-order valence-electron chi connectivity index (χ3n) is 3.69. The molecule has 5 nitrogen and oxygen atoms in total. The van der Waals surface area contributed by atoms with E-state index >= 15 is 0 Å². The molecule has 0 aliphatic carbocycles. The van der Waals surface area contributed by atoms with Gasteiger partial charge in [-0.3, -0.25) is 14.6 Å². The van der Waals surface area contributed by atoms with Crippen LogP contribution in [0.1, 0.15) is 25.0 Å². The molecule has 0 bridgehead atoms. The lowest BCUT2D eigenvalue weighted by molar-refractivity contribution is -0.210. The summed E-state index contributed by atoms with van der Waals surface area (Å²) in [5, 5.41) is 2.82. The average molecular weight is 416 g/mol. The Labute approximate surface area is 164 Å². The highest BCUT2D eigenvalue weighted by molar-refractivity contribution is 6.30. The Kier molecular flexibility index (Phi) is 6.90. The summed E-state index contributed by atoms with van der Waals surface area (Å²) in [4.78, 5) is 31.4. The number of carbonyl (C=O) groups excluding carboxylic acids is 2. The molecule has 28 heavy (non-hydrogen) atoms. The molecular weight excluding hydrogens is 399 g/mol. The zero-order chi connectivity index (χ0) is 20.9. The number of benzene rings is 2. The van der Waals surface area contributed by atoms with Gasteiger partial charge in [-0.25, -0.2) is 4.79 Å². The van der Waals surface area contributed by atoms with Gasteiger partial charge in [0.2, 0.25) is 5.91 Å². The molecule has 0 atom stereocenters. The number of alkyl halides is 3. The Balaban J connectivity index is 2.63. The van der Waals surface area contributed by atoms with Crippen molar-refractivity contribution in [1.82, 2.24) is 5.32 Å². The van der Waals surface area contributed by atoms with Gasteiger partial charge in [-0.15, -0.1) is 0 Å². The Morgan fingerprint density at radius 3 is 2.25 bits per heavy atom. The second-order valence-corrected chi connectivity index (χ2v) is 6.31. The lowest BCUT2D eigenvalue weighted by Gasteiger charge is -2.20. The minimum absolute atomic E-state index is 0.0304. The van der Waals surface area contributed by atoms with E-state index in [1.807, 2.05) is 0 Å². The van der Waals surface area contributed by atoms with Crippen molar-refractivity contribution in [2.75, 3.05) is 6.54 Å². The molecule has 0 spiro atoms. The van der Waals surface area contributed by atoms with E-state index in [0.29, 0.717) is 5.02 Å². The molecule has 0 aliphatic heterocycles. The van der Waals surface area contributed by atoms with E-state index in [4.69, 9.17) is 16.5 Å². The van der Waals surface area contributed by atoms with Gasteiger partial charge in [-0.05, 0) is 35.7 Å². The van der Waals surface area contributed by atoms with Gasteiger partial charge in [-0.1, -0.05) is 29.8 Å². The van der Waals surface area contributed by atoms with Crippen LogP contribution in [0.5, 0.6) is 5.75 Å². The van der Waals surface area contributed by atoms with Crippen molar-refractivity contribution in [1.29, 1.82) is 0 Å². The minimum Gasteiger partial charge on any atom is -0.356 e. The van der Waals surface area contributed by atoms with Gasteiger partial charge in [0, 0.05) is 31.0 Å². The molecule has 0 aromatic heterocycles. The zero-order valence-electron chi connectivity index (χ0n) is 15.0. The van der Waals surface area contributed by atoms with Crippen molar-refractivity contribution < 1.29 is 32.5 Å². The molecule has 0 aliphatic rings. The van der Waals surface area contributed by atoms with Gasteiger partial charge in [0.05, 0.1) is 5.56 Å². The van der Waals surface area contributed by atoms with Crippen molar-refractivity contribution in [2.45, 2.75) is 26.4 Å². The van der Waals surface area contributed by atoms with E-state index in [9.17, 15) is 22.8 Å². The Morgan fingerprint density at radius 2 is 1.71 bits per heavy atom. The fourth-order valence-electron chi connectivity index (χ4n) is 2.61. The summed E-state index contributed by atoms with van der Waals surface area (Å²) in [6, 6.07) is 8.21. The standard InChI is InChI=1S/C19H17ClF3NO4/c1-11(25)24-10-9-14-5-8-16(28-27-12(2)26)17(18(14)19(21,22)23)13-3-6-15(20)7-4-13/h3-8H,9-10H2,1-2H3,(H,24,25). The van der Waals surface area contributed by atoms with Crippen LogP contribution in [0.4, 0.5) is 13.2 Å². The molecule has 1 amide bonds. The van der Waals surface area contributed by atoms with Crippen LogP contribution in [0.25, 0.3) is 11.1 Å². The number of nitrogens with one attached hydrogen (secondary N) is 1. The van der Waals surface area contributed by atoms with Gasteiger partial charge in [0.15, 0.2) is 5.75 Å². The van der Waals surface area contributed by atoms with E-state index in [1.54, 1.807) is 0 Å². The SMILES string of the molecule is CC(=O)NCCc1ccc(OOC(C)=O)c(-c2ccc(Cl)cc2)c1C(F)(F)F. The molecule has 2 aromatic rings. The summed E-state index contributed by atoms with van der Waals surface area (Å²) < 4.78 is 41.9. The fourth-order valence-corrected chi connectivity index (χ4v) is 2.73. The predicted molar refractivity (Wildman–Crippen MR) is 96.7 cm³/mol. The first-order valence-electron chi connectivity index (χ1n) is 8.18. The monoisotopic (exact) mass is 415 g/mol. The third-order valence-corrected chi connectivity index (χ3v) is 3.94. The zero-order valence-corrected chi connectivity index (χ0v) is 15.8. The van der Waals surface area contributed by atoms with Crippen LogP contribution in [0.2, 0.25) is 5.02 Å². The van der Waals surface area contributed by atoms with Crippen molar-refractivity contribution in [2.24, 2.45) is 0 Å². The normalized spacial score (nSPS) is 11.1. The highest BCUT2D eigenvalue weighted by atomic mass is 35.5. The van der Waals surface area contributed by atoms with Crippen molar-refractivity contribution >= 4 is 23.5 Å². The number of amides is 1. The van der Waals surface area contributed by atoms with Crippen LogP contribution >= 0.6 is 11.6 Å². The van der Waals surface area contributed by atoms with Gasteiger partial charge in [0.25, 0.3) is 0 Å². The Morgan fingerprint density at radius 1 is 1.07 bits per heavy atom.